The Labute approximate surface area is 154 Å². The van der Waals surface area contributed by atoms with Gasteiger partial charge in [-0.25, -0.2) is 8.78 Å². The highest BCUT2D eigenvalue weighted by molar-refractivity contribution is 5.88. The molecule has 4 nitrogen and oxygen atoms in total. The Morgan fingerprint density at radius 3 is 2.39 bits per heavy atom. The predicted molar refractivity (Wildman–Crippen MR) is 91.3 cm³/mol. The lowest BCUT2D eigenvalue weighted by atomic mass is 9.99. The van der Waals surface area contributed by atoms with Crippen molar-refractivity contribution in [3.8, 4) is 28.1 Å². The van der Waals surface area contributed by atoms with Gasteiger partial charge in [0.2, 0.25) is 0 Å². The van der Waals surface area contributed by atoms with Crippen LogP contribution >= 0.6 is 0 Å². The normalized spacial score (nSPS) is 11.9. The Morgan fingerprint density at radius 2 is 1.71 bits per heavy atom. The van der Waals surface area contributed by atoms with Gasteiger partial charge in [-0.2, -0.15) is 18.3 Å². The molecule has 0 saturated heterocycles. The molecule has 0 fully saturated rings. The summed E-state index contributed by atoms with van der Waals surface area (Å²) < 4.78 is 68.2. The van der Waals surface area contributed by atoms with Gasteiger partial charge in [-0.3, -0.25) is 10.1 Å². The molecule has 2 aromatic heterocycles. The van der Waals surface area contributed by atoms with E-state index in [0.29, 0.717) is 0 Å². The molecule has 4 rings (SSSR count). The van der Waals surface area contributed by atoms with E-state index in [2.05, 4.69) is 10.1 Å². The first-order chi connectivity index (χ1) is 13.3. The molecular weight excluding hydrogens is 381 g/mol. The number of alkyl halides is 3. The van der Waals surface area contributed by atoms with Gasteiger partial charge in [0.1, 0.15) is 28.5 Å². The SMILES string of the molecule is Oc1cccnc1-c1ccc(-c2ccc3c(C(F)(F)F)[nH]nc3c2F)c(F)c1. The maximum absolute atomic E-state index is 14.8. The van der Waals surface area contributed by atoms with Crippen molar-refractivity contribution < 1.29 is 27.1 Å². The van der Waals surface area contributed by atoms with Gasteiger partial charge in [-0.15, -0.1) is 0 Å². The summed E-state index contributed by atoms with van der Waals surface area (Å²) in [5.41, 5.74) is -1.69. The topological polar surface area (TPSA) is 61.8 Å². The molecule has 0 bridgehead atoms. The monoisotopic (exact) mass is 391 g/mol. The van der Waals surface area contributed by atoms with Crippen LogP contribution in [0.3, 0.4) is 0 Å². The Hall–Kier alpha value is -3.49. The minimum Gasteiger partial charge on any atom is -0.506 e. The number of hydrogen-bond acceptors (Lipinski definition) is 3. The van der Waals surface area contributed by atoms with Gasteiger partial charge in [-0.1, -0.05) is 18.2 Å². The van der Waals surface area contributed by atoms with Crippen LogP contribution in [-0.2, 0) is 6.18 Å². The number of aromatic nitrogens is 3. The third kappa shape index (κ3) is 2.84. The van der Waals surface area contributed by atoms with Gasteiger partial charge in [0.25, 0.3) is 0 Å². The average molecular weight is 391 g/mol. The third-order valence-corrected chi connectivity index (χ3v) is 4.27. The first-order valence-corrected chi connectivity index (χ1v) is 7.95. The number of fused-ring (bicyclic) bond motifs is 1. The quantitative estimate of drug-likeness (QED) is 0.456. The van der Waals surface area contributed by atoms with E-state index in [1.165, 1.54) is 30.5 Å². The molecule has 0 amide bonds. The third-order valence-electron chi connectivity index (χ3n) is 4.27. The molecule has 2 N–H and O–H groups in total. The van der Waals surface area contributed by atoms with E-state index in [-0.39, 0.29) is 28.1 Å². The molecule has 142 valence electrons. The van der Waals surface area contributed by atoms with Crippen molar-refractivity contribution in [1.29, 1.82) is 0 Å². The molecule has 28 heavy (non-hydrogen) atoms. The summed E-state index contributed by atoms with van der Waals surface area (Å²) in [6.45, 7) is 0. The standard InChI is InChI=1S/C19H10F5N3O/c20-13-8-9(16-14(28)2-1-7-25-16)3-4-10(13)11-5-6-12-17(15(11)21)26-27-18(12)19(22,23)24/h1-8,28H,(H,26,27). The summed E-state index contributed by atoms with van der Waals surface area (Å²) in [5, 5.41) is 14.6. The molecule has 0 aliphatic carbocycles. The van der Waals surface area contributed by atoms with E-state index >= 15 is 0 Å². The molecule has 0 aliphatic rings. The van der Waals surface area contributed by atoms with Crippen LogP contribution in [0.25, 0.3) is 33.3 Å². The van der Waals surface area contributed by atoms with Gasteiger partial charge >= 0.3 is 6.18 Å². The average Bonchev–Trinajstić information content (AvgIpc) is 3.08. The summed E-state index contributed by atoms with van der Waals surface area (Å²) in [6.07, 6.45) is -3.30. The van der Waals surface area contributed by atoms with E-state index in [4.69, 9.17) is 0 Å². The van der Waals surface area contributed by atoms with Crippen LogP contribution in [0.5, 0.6) is 5.75 Å². The molecule has 0 aliphatic heterocycles. The van der Waals surface area contributed by atoms with Crippen molar-refractivity contribution in [3.05, 3.63) is 66.0 Å². The number of aromatic hydroxyl groups is 1. The number of pyridine rings is 1. The Balaban J connectivity index is 1.83. The molecular formula is C19H10F5N3O. The molecule has 2 aromatic carbocycles. The van der Waals surface area contributed by atoms with Gasteiger partial charge < -0.3 is 5.11 Å². The zero-order valence-corrected chi connectivity index (χ0v) is 13.9. The first kappa shape index (κ1) is 17.9. The largest absolute Gasteiger partial charge is 0.506 e. The Bertz CT molecular complexity index is 1200. The smallest absolute Gasteiger partial charge is 0.433 e. The van der Waals surface area contributed by atoms with E-state index < -0.39 is 34.4 Å². The lowest BCUT2D eigenvalue weighted by Crippen LogP contribution is -2.05. The van der Waals surface area contributed by atoms with Crippen molar-refractivity contribution in [3.63, 3.8) is 0 Å². The summed E-state index contributed by atoms with van der Waals surface area (Å²) in [7, 11) is 0. The molecule has 0 radical (unpaired) electrons. The highest BCUT2D eigenvalue weighted by atomic mass is 19.4. The second-order valence-corrected chi connectivity index (χ2v) is 5.99. The number of halogens is 5. The van der Waals surface area contributed by atoms with E-state index in [0.717, 1.165) is 18.2 Å². The first-order valence-electron chi connectivity index (χ1n) is 7.95. The number of rotatable bonds is 2. The molecule has 9 heteroatoms. The molecule has 0 atom stereocenters. The zero-order valence-electron chi connectivity index (χ0n) is 13.9. The minimum atomic E-state index is -4.72. The lowest BCUT2D eigenvalue weighted by molar-refractivity contribution is -0.139. The number of aromatic amines is 1. The summed E-state index contributed by atoms with van der Waals surface area (Å²) in [6, 6.07) is 8.75. The lowest BCUT2D eigenvalue weighted by Gasteiger charge is -2.09. The highest BCUT2D eigenvalue weighted by Gasteiger charge is 2.35. The van der Waals surface area contributed by atoms with Crippen LogP contribution < -0.4 is 0 Å². The van der Waals surface area contributed by atoms with Crippen LogP contribution in [0, 0.1) is 11.6 Å². The van der Waals surface area contributed by atoms with Crippen molar-refractivity contribution in [2.45, 2.75) is 6.18 Å². The number of nitrogens with one attached hydrogen (secondary N) is 1. The van der Waals surface area contributed by atoms with Gasteiger partial charge in [0, 0.05) is 28.3 Å². The second-order valence-electron chi connectivity index (χ2n) is 5.99. The maximum Gasteiger partial charge on any atom is 0.433 e. The van der Waals surface area contributed by atoms with E-state index in [1.807, 2.05) is 0 Å². The van der Waals surface area contributed by atoms with Crippen LogP contribution in [0.2, 0.25) is 0 Å². The van der Waals surface area contributed by atoms with Crippen molar-refractivity contribution >= 4 is 10.9 Å². The second kappa shape index (κ2) is 6.29. The van der Waals surface area contributed by atoms with Crippen LogP contribution in [0.4, 0.5) is 22.0 Å². The Morgan fingerprint density at radius 1 is 0.964 bits per heavy atom. The van der Waals surface area contributed by atoms with Crippen molar-refractivity contribution in [2.75, 3.05) is 0 Å². The molecule has 2 heterocycles. The number of H-pyrrole nitrogens is 1. The summed E-state index contributed by atoms with van der Waals surface area (Å²) in [5.74, 6) is -2.05. The fraction of sp³-hybridized carbons (Fsp3) is 0.0526. The minimum absolute atomic E-state index is 0.144. The maximum atomic E-state index is 14.8. The predicted octanol–water partition coefficient (Wildman–Crippen LogP) is 5.29. The van der Waals surface area contributed by atoms with Crippen LogP contribution in [-0.4, -0.2) is 20.3 Å². The molecule has 0 unspecified atom stereocenters. The van der Waals surface area contributed by atoms with Crippen LogP contribution in [0.15, 0.2) is 48.7 Å². The number of benzene rings is 2. The van der Waals surface area contributed by atoms with Crippen LogP contribution in [0.1, 0.15) is 5.69 Å². The van der Waals surface area contributed by atoms with Crippen molar-refractivity contribution in [1.82, 2.24) is 15.2 Å². The fourth-order valence-corrected chi connectivity index (χ4v) is 2.97. The van der Waals surface area contributed by atoms with Gasteiger partial charge in [0.15, 0.2) is 5.82 Å². The summed E-state index contributed by atoms with van der Waals surface area (Å²) >= 11 is 0. The van der Waals surface area contributed by atoms with Crippen molar-refractivity contribution in [2.24, 2.45) is 0 Å². The Kier molecular flexibility index (Phi) is 4.02. The van der Waals surface area contributed by atoms with Gasteiger partial charge in [0.05, 0.1) is 0 Å². The zero-order chi connectivity index (χ0) is 20.1. The summed E-state index contributed by atoms with van der Waals surface area (Å²) in [4.78, 5) is 3.96. The fourth-order valence-electron chi connectivity index (χ4n) is 2.97. The molecule has 0 spiro atoms. The highest BCUT2D eigenvalue weighted by Crippen LogP contribution is 2.37. The number of hydrogen-bond donors (Lipinski definition) is 2. The van der Waals surface area contributed by atoms with Gasteiger partial charge in [-0.05, 0) is 24.3 Å². The number of nitrogens with zero attached hydrogens (tertiary/aromatic N) is 2. The molecule has 0 saturated carbocycles. The molecule has 4 aromatic rings. The van der Waals surface area contributed by atoms with E-state index in [9.17, 15) is 27.1 Å². The van der Waals surface area contributed by atoms with E-state index in [1.54, 1.807) is 5.10 Å².